The lowest BCUT2D eigenvalue weighted by atomic mass is 10.1. The van der Waals surface area contributed by atoms with E-state index in [4.69, 9.17) is 0 Å². The van der Waals surface area contributed by atoms with E-state index in [1.807, 2.05) is 30.3 Å². The minimum Gasteiger partial charge on any atom is -0.342 e. The van der Waals surface area contributed by atoms with Crippen LogP contribution in [0, 0.1) is 21.8 Å². The molecule has 1 heterocycles. The van der Waals surface area contributed by atoms with Crippen molar-refractivity contribution in [2.75, 3.05) is 18.4 Å². The molecule has 1 atom stereocenters. The Balaban J connectivity index is 1.59. The number of hydrogen-bond acceptors (Lipinski definition) is 4. The lowest BCUT2D eigenvalue weighted by Crippen LogP contribution is -2.30. The average molecular weight is 371 g/mol. The number of nitro benzene ring substituents is 1. The van der Waals surface area contributed by atoms with Crippen LogP contribution >= 0.6 is 0 Å². The SMILES string of the molecule is O=C(Nc1ccc(F)c([N+](=O)[O-])c1)[C@@H]1CC(=O)N(CCc2ccccc2)C1. The van der Waals surface area contributed by atoms with Gasteiger partial charge in [0.05, 0.1) is 10.8 Å². The van der Waals surface area contributed by atoms with Crippen molar-refractivity contribution in [3.05, 3.63) is 70.0 Å². The van der Waals surface area contributed by atoms with E-state index in [2.05, 4.69) is 5.32 Å². The summed E-state index contributed by atoms with van der Waals surface area (Å²) in [7, 11) is 0. The molecule has 1 aliphatic heterocycles. The van der Waals surface area contributed by atoms with Gasteiger partial charge in [0.2, 0.25) is 17.6 Å². The minimum atomic E-state index is -0.971. The molecule has 2 amide bonds. The third kappa shape index (κ3) is 4.46. The van der Waals surface area contributed by atoms with Gasteiger partial charge in [-0.2, -0.15) is 4.39 Å². The Bertz CT molecular complexity index is 873. The summed E-state index contributed by atoms with van der Waals surface area (Å²) in [6.07, 6.45) is 0.787. The normalized spacial score (nSPS) is 16.4. The number of nitrogens with one attached hydrogen (secondary N) is 1. The van der Waals surface area contributed by atoms with Crippen molar-refractivity contribution in [1.29, 1.82) is 0 Å². The molecule has 0 saturated carbocycles. The molecule has 1 N–H and O–H groups in total. The largest absolute Gasteiger partial charge is 0.342 e. The Hall–Kier alpha value is -3.29. The van der Waals surface area contributed by atoms with Crippen molar-refractivity contribution in [3.63, 3.8) is 0 Å². The molecular formula is C19H18FN3O4. The number of rotatable bonds is 6. The molecule has 2 aromatic rings. The van der Waals surface area contributed by atoms with Crippen molar-refractivity contribution in [2.45, 2.75) is 12.8 Å². The van der Waals surface area contributed by atoms with Crippen LogP contribution in [0.15, 0.2) is 48.5 Å². The molecule has 27 heavy (non-hydrogen) atoms. The molecule has 0 spiro atoms. The lowest BCUT2D eigenvalue weighted by Gasteiger charge is -2.16. The number of nitrogens with zero attached hydrogens (tertiary/aromatic N) is 2. The molecule has 0 bridgehead atoms. The zero-order chi connectivity index (χ0) is 19.4. The van der Waals surface area contributed by atoms with Crippen LogP contribution in [0.2, 0.25) is 0 Å². The highest BCUT2D eigenvalue weighted by molar-refractivity contribution is 5.97. The van der Waals surface area contributed by atoms with Crippen molar-refractivity contribution >= 4 is 23.2 Å². The van der Waals surface area contributed by atoms with E-state index < -0.39 is 28.3 Å². The molecule has 0 aliphatic carbocycles. The van der Waals surface area contributed by atoms with Crippen LogP contribution in [0.5, 0.6) is 0 Å². The number of hydrogen-bond donors (Lipinski definition) is 1. The van der Waals surface area contributed by atoms with Gasteiger partial charge in [-0.25, -0.2) is 0 Å². The fraction of sp³-hybridized carbons (Fsp3) is 0.263. The molecule has 140 valence electrons. The van der Waals surface area contributed by atoms with Gasteiger partial charge in [0.1, 0.15) is 0 Å². The molecule has 0 aromatic heterocycles. The molecule has 1 fully saturated rings. The van der Waals surface area contributed by atoms with Crippen LogP contribution in [0.25, 0.3) is 0 Å². The van der Waals surface area contributed by atoms with E-state index >= 15 is 0 Å². The summed E-state index contributed by atoms with van der Waals surface area (Å²) in [6, 6.07) is 12.9. The topological polar surface area (TPSA) is 92.5 Å². The molecule has 3 rings (SSSR count). The number of nitro groups is 1. The maximum absolute atomic E-state index is 13.4. The van der Waals surface area contributed by atoms with E-state index in [-0.39, 0.29) is 18.0 Å². The summed E-state index contributed by atoms with van der Waals surface area (Å²) in [6.45, 7) is 0.815. The predicted octanol–water partition coefficient (Wildman–Crippen LogP) is 2.76. The quantitative estimate of drug-likeness (QED) is 0.624. The number of halogens is 1. The first kappa shape index (κ1) is 18.5. The first-order valence-electron chi connectivity index (χ1n) is 8.50. The Morgan fingerprint density at radius 2 is 2.00 bits per heavy atom. The molecule has 7 nitrogen and oxygen atoms in total. The molecule has 0 unspecified atom stereocenters. The zero-order valence-corrected chi connectivity index (χ0v) is 14.4. The number of likely N-dealkylation sites (tertiary alicyclic amines) is 1. The van der Waals surface area contributed by atoms with E-state index in [1.165, 1.54) is 6.07 Å². The summed E-state index contributed by atoms with van der Waals surface area (Å²) in [5.41, 5.74) is 0.528. The Labute approximate surface area is 154 Å². The van der Waals surface area contributed by atoms with Crippen molar-refractivity contribution in [1.82, 2.24) is 4.90 Å². The fourth-order valence-corrected chi connectivity index (χ4v) is 3.05. The molecule has 8 heteroatoms. The maximum Gasteiger partial charge on any atom is 0.306 e. The molecule has 1 aliphatic rings. The van der Waals surface area contributed by atoms with Crippen LogP contribution in [0.4, 0.5) is 15.8 Å². The zero-order valence-electron chi connectivity index (χ0n) is 14.4. The highest BCUT2D eigenvalue weighted by Crippen LogP contribution is 2.24. The number of amides is 2. The van der Waals surface area contributed by atoms with Gasteiger partial charge in [0.15, 0.2) is 0 Å². The van der Waals surface area contributed by atoms with Gasteiger partial charge in [-0.3, -0.25) is 19.7 Å². The summed E-state index contributed by atoms with van der Waals surface area (Å²) < 4.78 is 13.4. The Morgan fingerprint density at radius 1 is 1.26 bits per heavy atom. The van der Waals surface area contributed by atoms with E-state index in [1.54, 1.807) is 4.90 Å². The molecule has 2 aromatic carbocycles. The second-order valence-corrected chi connectivity index (χ2v) is 6.39. The van der Waals surface area contributed by atoms with Crippen LogP contribution in [-0.4, -0.2) is 34.7 Å². The van der Waals surface area contributed by atoms with E-state index in [9.17, 15) is 24.1 Å². The summed E-state index contributed by atoms with van der Waals surface area (Å²) in [5, 5.41) is 13.3. The van der Waals surface area contributed by atoms with Gasteiger partial charge < -0.3 is 10.2 Å². The first-order chi connectivity index (χ1) is 12.9. The molecule has 0 radical (unpaired) electrons. The van der Waals surface area contributed by atoms with Crippen LogP contribution in [0.3, 0.4) is 0 Å². The van der Waals surface area contributed by atoms with Crippen molar-refractivity contribution in [3.8, 4) is 0 Å². The number of carbonyl (C=O) groups excluding carboxylic acids is 2. The predicted molar refractivity (Wildman–Crippen MR) is 96.5 cm³/mol. The average Bonchev–Trinajstić information content (AvgIpc) is 3.03. The molecule has 1 saturated heterocycles. The standard InChI is InChI=1S/C19H18FN3O4/c20-16-7-6-15(11-17(16)23(26)27)21-19(25)14-10-18(24)22(12-14)9-8-13-4-2-1-3-5-13/h1-7,11,14H,8-10,12H2,(H,21,25)/t14-/m1/s1. The van der Waals surface area contributed by atoms with Crippen molar-refractivity contribution in [2.24, 2.45) is 5.92 Å². The van der Waals surface area contributed by atoms with Gasteiger partial charge in [0, 0.05) is 31.3 Å². The monoisotopic (exact) mass is 371 g/mol. The van der Waals surface area contributed by atoms with E-state index in [0.29, 0.717) is 19.5 Å². The van der Waals surface area contributed by atoms with Gasteiger partial charge >= 0.3 is 5.69 Å². The van der Waals surface area contributed by atoms with Crippen LogP contribution in [0.1, 0.15) is 12.0 Å². The first-order valence-corrected chi connectivity index (χ1v) is 8.50. The molecular weight excluding hydrogens is 353 g/mol. The van der Waals surface area contributed by atoms with Crippen LogP contribution in [-0.2, 0) is 16.0 Å². The van der Waals surface area contributed by atoms with Gasteiger partial charge in [-0.05, 0) is 24.1 Å². The Kier molecular flexibility index (Phi) is 5.44. The number of benzene rings is 2. The number of anilines is 1. The lowest BCUT2D eigenvalue weighted by molar-refractivity contribution is -0.387. The third-order valence-electron chi connectivity index (χ3n) is 4.51. The maximum atomic E-state index is 13.4. The highest BCUT2D eigenvalue weighted by Gasteiger charge is 2.34. The van der Waals surface area contributed by atoms with Crippen LogP contribution < -0.4 is 5.32 Å². The van der Waals surface area contributed by atoms with Gasteiger partial charge in [0.25, 0.3) is 0 Å². The Morgan fingerprint density at radius 3 is 2.70 bits per heavy atom. The van der Waals surface area contributed by atoms with Gasteiger partial charge in [-0.1, -0.05) is 30.3 Å². The van der Waals surface area contributed by atoms with E-state index in [0.717, 1.165) is 17.7 Å². The smallest absolute Gasteiger partial charge is 0.306 e. The minimum absolute atomic E-state index is 0.0872. The summed E-state index contributed by atoms with van der Waals surface area (Å²) in [4.78, 5) is 36.1. The second kappa shape index (κ2) is 7.94. The highest BCUT2D eigenvalue weighted by atomic mass is 19.1. The summed E-state index contributed by atoms with van der Waals surface area (Å²) >= 11 is 0. The third-order valence-corrected chi connectivity index (χ3v) is 4.51. The van der Waals surface area contributed by atoms with Crippen molar-refractivity contribution < 1.29 is 18.9 Å². The number of carbonyl (C=O) groups is 2. The second-order valence-electron chi connectivity index (χ2n) is 6.39. The van der Waals surface area contributed by atoms with Gasteiger partial charge in [-0.15, -0.1) is 0 Å². The fourth-order valence-electron chi connectivity index (χ4n) is 3.05. The summed E-state index contributed by atoms with van der Waals surface area (Å²) in [5.74, 6) is -2.03.